The van der Waals surface area contributed by atoms with Crippen LogP contribution in [0.25, 0.3) is 20.8 Å². The van der Waals surface area contributed by atoms with Gasteiger partial charge in [0.05, 0.1) is 11.1 Å². The Morgan fingerprint density at radius 2 is 1.85 bits per heavy atom. The molecule has 2 amide bonds. The highest BCUT2D eigenvalue weighted by Gasteiger charge is 2.20. The minimum atomic E-state index is -0.414. The van der Waals surface area contributed by atoms with Crippen molar-refractivity contribution in [1.82, 2.24) is 25.8 Å². The van der Waals surface area contributed by atoms with Crippen molar-refractivity contribution in [3.8, 4) is 10.6 Å². The molecule has 0 saturated carbocycles. The van der Waals surface area contributed by atoms with E-state index in [1.807, 2.05) is 30.3 Å². The Bertz CT molecular complexity index is 1440. The predicted molar refractivity (Wildman–Crippen MR) is 133 cm³/mol. The number of thiophene rings is 1. The lowest BCUT2D eigenvalue weighted by Gasteiger charge is -2.09. The zero-order valence-electron chi connectivity index (χ0n) is 18.6. The van der Waals surface area contributed by atoms with Crippen LogP contribution in [0, 0.1) is 6.92 Å². The number of carbonyl (C=O) groups excluding carboxylic acids is 2. The van der Waals surface area contributed by atoms with Gasteiger partial charge in [-0.05, 0) is 38.2 Å². The summed E-state index contributed by atoms with van der Waals surface area (Å²) in [6, 6.07) is 9.62. The molecule has 0 unspecified atom stereocenters. The molecule has 3 heterocycles. The predicted octanol–water partition coefficient (Wildman–Crippen LogP) is 3.69. The van der Waals surface area contributed by atoms with E-state index in [9.17, 15) is 14.4 Å². The summed E-state index contributed by atoms with van der Waals surface area (Å²) in [5, 5.41) is 1.45. The maximum absolute atomic E-state index is 12.6. The maximum atomic E-state index is 12.6. The summed E-state index contributed by atoms with van der Waals surface area (Å²) in [6.45, 7) is 1.76. The Labute approximate surface area is 203 Å². The molecule has 3 aromatic heterocycles. The zero-order valence-corrected chi connectivity index (χ0v) is 20.2. The average Bonchev–Trinajstić information content (AvgIpc) is 3.42. The number of thiazole rings is 1. The van der Waals surface area contributed by atoms with Gasteiger partial charge >= 0.3 is 0 Å². The van der Waals surface area contributed by atoms with Crippen LogP contribution >= 0.6 is 22.7 Å². The first-order valence-corrected chi connectivity index (χ1v) is 12.8. The first-order valence-electron chi connectivity index (χ1n) is 11.1. The van der Waals surface area contributed by atoms with E-state index in [0.29, 0.717) is 21.8 Å². The number of hydrogen-bond acceptors (Lipinski definition) is 7. The van der Waals surface area contributed by atoms with Gasteiger partial charge in [-0.2, -0.15) is 0 Å². The minimum Gasteiger partial charge on any atom is -0.310 e. The van der Waals surface area contributed by atoms with E-state index in [2.05, 4.69) is 25.8 Å². The quantitative estimate of drug-likeness (QED) is 0.367. The highest BCUT2D eigenvalue weighted by atomic mass is 32.1. The van der Waals surface area contributed by atoms with Crippen LogP contribution in [-0.4, -0.2) is 26.8 Å². The lowest BCUT2D eigenvalue weighted by Crippen LogP contribution is -2.41. The zero-order chi connectivity index (χ0) is 23.7. The largest absolute Gasteiger partial charge is 0.310 e. The fourth-order valence-electron chi connectivity index (χ4n) is 4.12. The number of aromatic nitrogens is 3. The van der Waals surface area contributed by atoms with Crippen molar-refractivity contribution in [2.75, 3.05) is 0 Å². The molecule has 5 rings (SSSR count). The van der Waals surface area contributed by atoms with Gasteiger partial charge in [-0.3, -0.25) is 25.2 Å². The summed E-state index contributed by atoms with van der Waals surface area (Å²) in [4.78, 5) is 51.8. The van der Waals surface area contributed by atoms with Crippen LogP contribution in [0.15, 0.2) is 35.1 Å². The number of carbonyl (C=O) groups is 2. The van der Waals surface area contributed by atoms with Crippen LogP contribution in [-0.2, 0) is 24.1 Å². The number of amides is 2. The number of fused-ring (bicyclic) bond motifs is 3. The van der Waals surface area contributed by atoms with Crippen LogP contribution < -0.4 is 16.4 Å². The molecular formula is C24H23N5O3S2. The normalized spacial score (nSPS) is 13.0. The van der Waals surface area contributed by atoms with Crippen molar-refractivity contribution < 1.29 is 9.59 Å². The summed E-state index contributed by atoms with van der Waals surface area (Å²) < 4.78 is 0. The van der Waals surface area contributed by atoms with Gasteiger partial charge in [0.2, 0.25) is 5.91 Å². The number of aromatic amines is 1. The summed E-state index contributed by atoms with van der Waals surface area (Å²) in [6.07, 6.45) is 4.52. The third-order valence-electron chi connectivity index (χ3n) is 5.80. The molecule has 0 atom stereocenters. The third-order valence-corrected chi connectivity index (χ3v) is 8.19. The fourth-order valence-corrected chi connectivity index (χ4v) is 6.36. The third kappa shape index (κ3) is 4.51. The Hall–Kier alpha value is -3.37. The number of benzene rings is 1. The van der Waals surface area contributed by atoms with Gasteiger partial charge in [0.25, 0.3) is 11.5 Å². The molecule has 4 aromatic rings. The van der Waals surface area contributed by atoms with Gasteiger partial charge in [0.1, 0.15) is 20.5 Å². The van der Waals surface area contributed by atoms with Gasteiger partial charge in [-0.25, -0.2) is 9.97 Å². The molecule has 34 heavy (non-hydrogen) atoms. The monoisotopic (exact) mass is 493 g/mol. The van der Waals surface area contributed by atoms with E-state index in [4.69, 9.17) is 0 Å². The maximum Gasteiger partial charge on any atom is 0.281 e. The van der Waals surface area contributed by atoms with Gasteiger partial charge in [-0.1, -0.05) is 30.3 Å². The highest BCUT2D eigenvalue weighted by Crippen LogP contribution is 2.33. The molecule has 0 saturated heterocycles. The molecule has 10 heteroatoms. The van der Waals surface area contributed by atoms with Crippen molar-refractivity contribution >= 4 is 44.7 Å². The van der Waals surface area contributed by atoms with Crippen LogP contribution in [0.4, 0.5) is 0 Å². The lowest BCUT2D eigenvalue weighted by atomic mass is 9.97. The van der Waals surface area contributed by atoms with Crippen molar-refractivity contribution in [1.29, 1.82) is 0 Å². The van der Waals surface area contributed by atoms with Gasteiger partial charge in [-0.15, -0.1) is 22.7 Å². The van der Waals surface area contributed by atoms with Crippen LogP contribution in [0.1, 0.15) is 50.9 Å². The van der Waals surface area contributed by atoms with E-state index in [0.717, 1.165) is 46.6 Å². The molecule has 0 spiro atoms. The van der Waals surface area contributed by atoms with Gasteiger partial charge in [0.15, 0.2) is 0 Å². The van der Waals surface area contributed by atoms with E-state index in [-0.39, 0.29) is 24.3 Å². The number of nitrogens with one attached hydrogen (secondary N) is 3. The molecule has 3 N–H and O–H groups in total. The second-order valence-electron chi connectivity index (χ2n) is 8.21. The minimum absolute atomic E-state index is 0.0801. The van der Waals surface area contributed by atoms with Crippen molar-refractivity contribution in [2.24, 2.45) is 0 Å². The summed E-state index contributed by atoms with van der Waals surface area (Å²) in [5.41, 5.74) is 7.44. The second-order valence-corrected chi connectivity index (χ2v) is 10.3. The summed E-state index contributed by atoms with van der Waals surface area (Å²) in [5.74, 6) is -0.307. The molecule has 1 aliphatic rings. The van der Waals surface area contributed by atoms with E-state index in [1.54, 1.807) is 18.3 Å². The first kappa shape index (κ1) is 22.4. The summed E-state index contributed by atoms with van der Waals surface area (Å²) >= 11 is 2.86. The Morgan fingerprint density at radius 1 is 1.06 bits per heavy atom. The lowest BCUT2D eigenvalue weighted by molar-refractivity contribution is -0.121. The van der Waals surface area contributed by atoms with Crippen LogP contribution in [0.3, 0.4) is 0 Å². The van der Waals surface area contributed by atoms with Crippen LogP contribution in [0.5, 0.6) is 0 Å². The van der Waals surface area contributed by atoms with Crippen molar-refractivity contribution in [2.45, 2.75) is 45.4 Å². The molecule has 8 nitrogen and oxygen atoms in total. The molecule has 0 aliphatic heterocycles. The molecule has 174 valence electrons. The van der Waals surface area contributed by atoms with E-state index in [1.165, 1.54) is 16.2 Å². The molecule has 0 fully saturated rings. The first-order chi connectivity index (χ1) is 16.5. The van der Waals surface area contributed by atoms with Crippen LogP contribution in [0.2, 0.25) is 0 Å². The standard InChI is InChI=1S/C24H23N5O3S2/c1-13-20(34-23(25-13)14-7-3-2-4-8-14)22(32)29-28-18(30)12-11-17-26-21(31)19-15-9-5-6-10-16(15)33-24(19)27-17/h2-4,7-8H,5-6,9-12H2,1H3,(H,28,30)(H,29,32)(H,26,27,31). The van der Waals surface area contributed by atoms with Crippen molar-refractivity contribution in [3.05, 3.63) is 67.5 Å². The number of rotatable bonds is 5. The number of hydrogen-bond donors (Lipinski definition) is 3. The number of aryl methyl sites for hydroxylation is 4. The topological polar surface area (TPSA) is 117 Å². The number of hydrazine groups is 1. The fraction of sp³-hybridized carbons (Fsp3) is 0.292. The van der Waals surface area contributed by atoms with Gasteiger partial charge < -0.3 is 4.98 Å². The number of H-pyrrole nitrogens is 1. The SMILES string of the molecule is Cc1nc(-c2ccccc2)sc1C(=O)NNC(=O)CCc1nc2sc3c(c2c(=O)[nH]1)CCCC3. The van der Waals surface area contributed by atoms with Crippen molar-refractivity contribution in [3.63, 3.8) is 0 Å². The molecular weight excluding hydrogens is 470 g/mol. The Balaban J connectivity index is 1.19. The Morgan fingerprint density at radius 3 is 2.68 bits per heavy atom. The van der Waals surface area contributed by atoms with E-state index >= 15 is 0 Å². The number of nitrogens with zero attached hydrogens (tertiary/aromatic N) is 2. The molecule has 0 bridgehead atoms. The molecule has 1 aliphatic carbocycles. The second kappa shape index (κ2) is 9.47. The van der Waals surface area contributed by atoms with E-state index < -0.39 is 5.91 Å². The van der Waals surface area contributed by atoms with Gasteiger partial charge in [0, 0.05) is 23.3 Å². The molecule has 1 aromatic carbocycles. The molecule has 0 radical (unpaired) electrons. The smallest absolute Gasteiger partial charge is 0.281 e. The Kier molecular flexibility index (Phi) is 6.25. The summed E-state index contributed by atoms with van der Waals surface area (Å²) in [7, 11) is 0. The average molecular weight is 494 g/mol. The highest BCUT2D eigenvalue weighted by molar-refractivity contribution is 7.18.